The molecule has 2 nitrogen and oxygen atoms in total. The molecule has 0 fully saturated rings. The van der Waals surface area contributed by atoms with Crippen molar-refractivity contribution in [2.75, 3.05) is 0 Å². The summed E-state index contributed by atoms with van der Waals surface area (Å²) in [4.78, 5) is 7.96. The van der Waals surface area contributed by atoms with E-state index in [1.165, 1.54) is 22.2 Å². The SMILES string of the molecule is CCc1nc2[nH]cc(C)c2cc1C(C)(C)C. The van der Waals surface area contributed by atoms with Crippen LogP contribution in [0.4, 0.5) is 0 Å². The Bertz CT molecular complexity index is 515. The zero-order chi connectivity index (χ0) is 11.9. The summed E-state index contributed by atoms with van der Waals surface area (Å²) >= 11 is 0. The van der Waals surface area contributed by atoms with Crippen LogP contribution in [0.2, 0.25) is 0 Å². The van der Waals surface area contributed by atoms with Gasteiger partial charge in [0.25, 0.3) is 0 Å². The molecule has 2 aromatic heterocycles. The van der Waals surface area contributed by atoms with E-state index in [2.05, 4.69) is 45.7 Å². The van der Waals surface area contributed by atoms with E-state index in [-0.39, 0.29) is 5.41 Å². The van der Waals surface area contributed by atoms with Crippen molar-refractivity contribution in [2.24, 2.45) is 0 Å². The molecule has 2 heterocycles. The van der Waals surface area contributed by atoms with Crippen molar-refractivity contribution in [1.29, 1.82) is 0 Å². The maximum atomic E-state index is 4.73. The molecule has 0 amide bonds. The lowest BCUT2D eigenvalue weighted by Gasteiger charge is -2.22. The zero-order valence-electron chi connectivity index (χ0n) is 10.8. The van der Waals surface area contributed by atoms with Gasteiger partial charge in [-0.1, -0.05) is 27.7 Å². The van der Waals surface area contributed by atoms with Crippen LogP contribution >= 0.6 is 0 Å². The number of aromatic amines is 1. The fourth-order valence-corrected chi connectivity index (χ4v) is 2.14. The predicted molar refractivity (Wildman–Crippen MR) is 68.9 cm³/mol. The molecule has 2 heteroatoms. The van der Waals surface area contributed by atoms with Gasteiger partial charge in [-0.05, 0) is 36.0 Å². The summed E-state index contributed by atoms with van der Waals surface area (Å²) in [6.07, 6.45) is 3.02. The molecule has 0 aliphatic carbocycles. The van der Waals surface area contributed by atoms with Crippen LogP contribution in [0.3, 0.4) is 0 Å². The molecule has 0 atom stereocenters. The molecule has 2 aromatic rings. The van der Waals surface area contributed by atoms with E-state index < -0.39 is 0 Å². The molecular formula is C14H20N2. The Morgan fingerprint density at radius 1 is 1.31 bits per heavy atom. The van der Waals surface area contributed by atoms with Gasteiger partial charge in [0.05, 0.1) is 0 Å². The van der Waals surface area contributed by atoms with Crippen molar-refractivity contribution < 1.29 is 0 Å². The Balaban J connectivity index is 2.75. The third-order valence-corrected chi connectivity index (χ3v) is 3.09. The maximum absolute atomic E-state index is 4.73. The number of nitrogens with zero attached hydrogens (tertiary/aromatic N) is 1. The first-order chi connectivity index (χ1) is 7.43. The van der Waals surface area contributed by atoms with Gasteiger partial charge in [0, 0.05) is 17.3 Å². The van der Waals surface area contributed by atoms with Crippen molar-refractivity contribution in [2.45, 2.75) is 46.5 Å². The molecule has 0 saturated heterocycles. The van der Waals surface area contributed by atoms with E-state index in [9.17, 15) is 0 Å². The van der Waals surface area contributed by atoms with Crippen LogP contribution in [0, 0.1) is 6.92 Å². The van der Waals surface area contributed by atoms with Crippen LogP contribution in [0.25, 0.3) is 11.0 Å². The van der Waals surface area contributed by atoms with Crippen molar-refractivity contribution in [3.8, 4) is 0 Å². The first kappa shape index (κ1) is 11.2. The lowest BCUT2D eigenvalue weighted by molar-refractivity contribution is 0.580. The van der Waals surface area contributed by atoms with Crippen molar-refractivity contribution in [1.82, 2.24) is 9.97 Å². The highest BCUT2D eigenvalue weighted by Gasteiger charge is 2.19. The maximum Gasteiger partial charge on any atom is 0.137 e. The van der Waals surface area contributed by atoms with Crippen LogP contribution < -0.4 is 0 Å². The van der Waals surface area contributed by atoms with Gasteiger partial charge in [-0.25, -0.2) is 4.98 Å². The van der Waals surface area contributed by atoms with E-state index in [0.29, 0.717) is 0 Å². The number of fused-ring (bicyclic) bond motifs is 1. The zero-order valence-corrected chi connectivity index (χ0v) is 10.8. The summed E-state index contributed by atoms with van der Waals surface area (Å²) in [7, 11) is 0. The molecule has 1 N–H and O–H groups in total. The lowest BCUT2D eigenvalue weighted by atomic mass is 9.84. The fourth-order valence-electron chi connectivity index (χ4n) is 2.14. The van der Waals surface area contributed by atoms with Crippen LogP contribution in [0.1, 0.15) is 44.5 Å². The number of aromatic nitrogens is 2. The predicted octanol–water partition coefficient (Wildman–Crippen LogP) is 3.73. The molecule has 0 aliphatic heterocycles. The quantitative estimate of drug-likeness (QED) is 0.773. The number of pyridine rings is 1. The van der Waals surface area contributed by atoms with Gasteiger partial charge in [-0.3, -0.25) is 0 Å². The highest BCUT2D eigenvalue weighted by Crippen LogP contribution is 2.29. The van der Waals surface area contributed by atoms with Crippen LogP contribution in [0.5, 0.6) is 0 Å². The largest absolute Gasteiger partial charge is 0.346 e. The summed E-state index contributed by atoms with van der Waals surface area (Å²) in [5, 5.41) is 1.25. The Morgan fingerprint density at radius 2 is 2.00 bits per heavy atom. The minimum Gasteiger partial charge on any atom is -0.346 e. The van der Waals surface area contributed by atoms with E-state index in [1.807, 2.05) is 6.20 Å². The van der Waals surface area contributed by atoms with Gasteiger partial charge in [0.1, 0.15) is 5.65 Å². The average molecular weight is 216 g/mol. The standard InChI is InChI=1S/C14H20N2/c1-6-12-11(14(3,4)5)7-10-9(2)8-15-13(10)16-12/h7-8H,6H2,1-5H3,(H,15,16). The van der Waals surface area contributed by atoms with Crippen molar-refractivity contribution >= 4 is 11.0 Å². The molecular weight excluding hydrogens is 196 g/mol. The van der Waals surface area contributed by atoms with Crippen LogP contribution in [-0.2, 0) is 11.8 Å². The van der Waals surface area contributed by atoms with Crippen LogP contribution in [-0.4, -0.2) is 9.97 Å². The second-order valence-electron chi connectivity index (χ2n) is 5.45. The normalized spacial score (nSPS) is 12.3. The minimum absolute atomic E-state index is 0.163. The fraction of sp³-hybridized carbons (Fsp3) is 0.500. The third kappa shape index (κ3) is 1.73. The molecule has 0 unspecified atom stereocenters. The molecule has 0 spiro atoms. The second-order valence-corrected chi connectivity index (χ2v) is 5.45. The topological polar surface area (TPSA) is 28.7 Å². The molecule has 16 heavy (non-hydrogen) atoms. The molecule has 86 valence electrons. The van der Waals surface area contributed by atoms with E-state index in [1.54, 1.807) is 0 Å². The van der Waals surface area contributed by atoms with E-state index in [0.717, 1.165) is 12.1 Å². The number of hydrogen-bond donors (Lipinski definition) is 1. The smallest absolute Gasteiger partial charge is 0.137 e. The molecule has 0 aliphatic rings. The van der Waals surface area contributed by atoms with Gasteiger partial charge in [-0.2, -0.15) is 0 Å². The Hall–Kier alpha value is -1.31. The van der Waals surface area contributed by atoms with Gasteiger partial charge in [0.15, 0.2) is 0 Å². The van der Waals surface area contributed by atoms with Crippen molar-refractivity contribution in [3.63, 3.8) is 0 Å². The number of rotatable bonds is 1. The summed E-state index contributed by atoms with van der Waals surface area (Å²) in [6, 6.07) is 2.30. The third-order valence-electron chi connectivity index (χ3n) is 3.09. The average Bonchev–Trinajstić information content (AvgIpc) is 2.57. The molecule has 0 saturated carbocycles. The Labute approximate surface area is 97.1 Å². The summed E-state index contributed by atoms with van der Waals surface area (Å²) in [6.45, 7) is 11.0. The van der Waals surface area contributed by atoms with Gasteiger partial charge >= 0.3 is 0 Å². The van der Waals surface area contributed by atoms with Gasteiger partial charge in [0.2, 0.25) is 0 Å². The van der Waals surface area contributed by atoms with E-state index in [4.69, 9.17) is 4.98 Å². The summed E-state index contributed by atoms with van der Waals surface area (Å²) in [5.74, 6) is 0. The number of nitrogens with one attached hydrogen (secondary N) is 1. The highest BCUT2D eigenvalue weighted by molar-refractivity contribution is 5.80. The Kier molecular flexibility index (Phi) is 2.53. The summed E-state index contributed by atoms with van der Waals surface area (Å²) < 4.78 is 0. The molecule has 2 rings (SSSR count). The minimum atomic E-state index is 0.163. The second kappa shape index (κ2) is 3.62. The lowest BCUT2D eigenvalue weighted by Crippen LogP contribution is -2.15. The molecule has 0 aromatic carbocycles. The Morgan fingerprint density at radius 3 is 2.56 bits per heavy atom. The highest BCUT2D eigenvalue weighted by atomic mass is 14.9. The van der Waals surface area contributed by atoms with E-state index >= 15 is 0 Å². The van der Waals surface area contributed by atoms with Gasteiger partial charge < -0.3 is 4.98 Å². The van der Waals surface area contributed by atoms with Gasteiger partial charge in [-0.15, -0.1) is 0 Å². The first-order valence-electron chi connectivity index (χ1n) is 5.91. The van der Waals surface area contributed by atoms with Crippen molar-refractivity contribution in [3.05, 3.63) is 29.1 Å². The summed E-state index contributed by atoms with van der Waals surface area (Å²) in [5.41, 5.74) is 5.03. The van der Waals surface area contributed by atoms with Crippen LogP contribution in [0.15, 0.2) is 12.3 Å². The number of H-pyrrole nitrogens is 1. The first-order valence-corrected chi connectivity index (χ1v) is 5.91. The molecule has 0 bridgehead atoms. The number of aryl methyl sites for hydroxylation is 2. The number of hydrogen-bond acceptors (Lipinski definition) is 1. The monoisotopic (exact) mass is 216 g/mol. The molecule has 0 radical (unpaired) electrons.